The number of amides is 1. The van der Waals surface area contributed by atoms with Gasteiger partial charge in [-0.3, -0.25) is 4.79 Å². The molecule has 5 rings (SSSR count). The Morgan fingerprint density at radius 3 is 2.58 bits per heavy atom. The van der Waals surface area contributed by atoms with Crippen molar-refractivity contribution in [3.63, 3.8) is 0 Å². The van der Waals surface area contributed by atoms with E-state index in [1.165, 1.54) is 5.56 Å². The minimum absolute atomic E-state index is 0.178. The third kappa shape index (κ3) is 4.93. The second kappa shape index (κ2) is 9.40. The second-order valence-corrected chi connectivity index (χ2v) is 7.72. The van der Waals surface area contributed by atoms with Crippen molar-refractivity contribution >= 4 is 11.6 Å². The summed E-state index contributed by atoms with van der Waals surface area (Å²) in [7, 11) is 0. The van der Waals surface area contributed by atoms with Gasteiger partial charge in [-0.1, -0.05) is 42.5 Å². The van der Waals surface area contributed by atoms with Gasteiger partial charge in [0.25, 0.3) is 5.91 Å². The molecule has 0 spiro atoms. The lowest BCUT2D eigenvalue weighted by Crippen LogP contribution is -2.23. The van der Waals surface area contributed by atoms with E-state index in [1.54, 1.807) is 24.7 Å². The number of carbonyl (C=O) groups is 1. The van der Waals surface area contributed by atoms with Crippen LogP contribution in [0.15, 0.2) is 97.8 Å². The van der Waals surface area contributed by atoms with Crippen LogP contribution < -0.4 is 10.1 Å². The molecule has 0 radical (unpaired) electrons. The molecule has 2 aromatic carbocycles. The fraction of sp³-hybridized carbons (Fsp3) is 0.115. The first-order valence-corrected chi connectivity index (χ1v) is 10.7. The molecule has 0 bridgehead atoms. The molecule has 0 saturated carbocycles. The number of hydrogen-bond acceptors (Lipinski definition) is 4. The zero-order chi connectivity index (χ0) is 22.5. The molecule has 0 atom stereocenters. The maximum atomic E-state index is 12.8. The largest absolute Gasteiger partial charge is 0.486 e. The van der Waals surface area contributed by atoms with Crippen molar-refractivity contribution in [2.45, 2.75) is 19.7 Å². The summed E-state index contributed by atoms with van der Waals surface area (Å²) in [6.45, 7) is 1.49. The molecule has 1 N–H and O–H groups in total. The summed E-state index contributed by atoms with van der Waals surface area (Å²) in [5.74, 6) is 0.353. The van der Waals surface area contributed by atoms with Crippen LogP contribution in [0.1, 0.15) is 27.2 Å². The molecule has 0 fully saturated rings. The number of nitrogens with zero attached hydrogens (tertiary/aromatic N) is 4. The predicted molar refractivity (Wildman–Crippen MR) is 125 cm³/mol. The first kappa shape index (κ1) is 20.5. The Hall–Kier alpha value is -4.39. The van der Waals surface area contributed by atoms with Crippen molar-refractivity contribution < 1.29 is 9.53 Å². The Morgan fingerprint density at radius 1 is 0.939 bits per heavy atom. The summed E-state index contributed by atoms with van der Waals surface area (Å²) in [6.07, 6.45) is 9.36. The topological polar surface area (TPSA) is 73.5 Å². The highest BCUT2D eigenvalue weighted by Crippen LogP contribution is 2.20. The number of imidazole rings is 2. The van der Waals surface area contributed by atoms with Crippen molar-refractivity contribution in [3.8, 4) is 5.75 Å². The van der Waals surface area contributed by atoms with Crippen molar-refractivity contribution in [1.82, 2.24) is 24.3 Å². The van der Waals surface area contributed by atoms with Crippen LogP contribution in [0, 0.1) is 0 Å². The van der Waals surface area contributed by atoms with Gasteiger partial charge in [0.2, 0.25) is 0 Å². The second-order valence-electron chi connectivity index (χ2n) is 7.72. The fourth-order valence-corrected chi connectivity index (χ4v) is 3.62. The molecular formula is C26H23N5O2. The molecule has 0 aliphatic rings. The summed E-state index contributed by atoms with van der Waals surface area (Å²) in [4.78, 5) is 21.5. The van der Waals surface area contributed by atoms with Gasteiger partial charge in [0.15, 0.2) is 0 Å². The van der Waals surface area contributed by atoms with Gasteiger partial charge >= 0.3 is 0 Å². The quantitative estimate of drug-likeness (QED) is 0.397. The predicted octanol–water partition coefficient (Wildman–Crippen LogP) is 4.09. The van der Waals surface area contributed by atoms with Crippen LogP contribution >= 0.6 is 0 Å². The van der Waals surface area contributed by atoms with Crippen LogP contribution in [0.5, 0.6) is 5.75 Å². The number of fused-ring (bicyclic) bond motifs is 1. The van der Waals surface area contributed by atoms with Crippen LogP contribution in [-0.2, 0) is 19.7 Å². The molecule has 7 nitrogen and oxygen atoms in total. The van der Waals surface area contributed by atoms with E-state index >= 15 is 0 Å². The summed E-state index contributed by atoms with van der Waals surface area (Å²) in [5.41, 5.74) is 4.36. The Morgan fingerprint density at radius 2 is 1.76 bits per heavy atom. The van der Waals surface area contributed by atoms with Gasteiger partial charge < -0.3 is 19.0 Å². The van der Waals surface area contributed by atoms with E-state index in [4.69, 9.17) is 4.74 Å². The summed E-state index contributed by atoms with van der Waals surface area (Å²) in [6, 6.07) is 21.3. The minimum Gasteiger partial charge on any atom is -0.486 e. The molecule has 164 valence electrons. The van der Waals surface area contributed by atoms with Gasteiger partial charge in [-0.2, -0.15) is 0 Å². The first-order valence-electron chi connectivity index (χ1n) is 10.7. The highest BCUT2D eigenvalue weighted by atomic mass is 16.5. The molecule has 0 aliphatic carbocycles. The number of hydrogen-bond donors (Lipinski definition) is 1. The summed E-state index contributed by atoms with van der Waals surface area (Å²) in [5, 5.41) is 2.99. The van der Waals surface area contributed by atoms with Crippen molar-refractivity contribution in [3.05, 3.63) is 120 Å². The van der Waals surface area contributed by atoms with Crippen LogP contribution in [0.25, 0.3) is 5.65 Å². The Balaban J connectivity index is 1.20. The van der Waals surface area contributed by atoms with Crippen molar-refractivity contribution in [2.75, 3.05) is 0 Å². The zero-order valence-corrected chi connectivity index (χ0v) is 18.0. The van der Waals surface area contributed by atoms with E-state index in [0.29, 0.717) is 17.9 Å². The van der Waals surface area contributed by atoms with E-state index in [-0.39, 0.29) is 12.5 Å². The number of para-hydroxylation sites is 1. The highest BCUT2D eigenvalue weighted by Gasteiger charge is 2.13. The monoisotopic (exact) mass is 437 g/mol. The Bertz CT molecular complexity index is 1320. The van der Waals surface area contributed by atoms with Gasteiger partial charge in [-0.05, 0) is 35.4 Å². The Labute approximate surface area is 191 Å². The smallest absolute Gasteiger partial charge is 0.255 e. The zero-order valence-electron chi connectivity index (χ0n) is 18.0. The number of carbonyl (C=O) groups excluding carboxylic acids is 1. The average molecular weight is 438 g/mol. The highest BCUT2D eigenvalue weighted by molar-refractivity contribution is 5.96. The van der Waals surface area contributed by atoms with E-state index in [1.807, 2.05) is 70.0 Å². The maximum Gasteiger partial charge on any atom is 0.255 e. The number of benzene rings is 2. The molecular weight excluding hydrogens is 414 g/mol. The lowest BCUT2D eigenvalue weighted by molar-refractivity contribution is 0.0946. The molecule has 33 heavy (non-hydrogen) atoms. The normalized spacial score (nSPS) is 10.9. The van der Waals surface area contributed by atoms with Crippen LogP contribution in [0.3, 0.4) is 0 Å². The molecule has 0 aliphatic heterocycles. The molecule has 5 aromatic rings. The fourth-order valence-electron chi connectivity index (χ4n) is 3.62. The van der Waals surface area contributed by atoms with Gasteiger partial charge in [0, 0.05) is 37.9 Å². The van der Waals surface area contributed by atoms with E-state index in [2.05, 4.69) is 27.4 Å². The Kier molecular flexibility index (Phi) is 5.84. The van der Waals surface area contributed by atoms with E-state index in [9.17, 15) is 4.79 Å². The standard InChI is InChI=1S/C26H23N5O2/c32-26(28-15-20-8-10-21(11-9-20)16-30-14-12-27-19-30)23-5-1-2-6-24(23)33-18-22-17-31-13-4-3-7-25(31)29-22/h1-14,17,19H,15-16,18H2,(H,28,32). The molecule has 3 heterocycles. The average Bonchev–Trinajstić information content (AvgIpc) is 3.52. The van der Waals surface area contributed by atoms with Gasteiger partial charge in [0.1, 0.15) is 18.0 Å². The lowest BCUT2D eigenvalue weighted by Gasteiger charge is -2.11. The van der Waals surface area contributed by atoms with E-state index < -0.39 is 0 Å². The molecule has 7 heteroatoms. The third-order valence-electron chi connectivity index (χ3n) is 5.32. The molecule has 3 aromatic heterocycles. The number of pyridine rings is 1. The summed E-state index contributed by atoms with van der Waals surface area (Å²) < 4.78 is 9.90. The van der Waals surface area contributed by atoms with Crippen molar-refractivity contribution in [2.24, 2.45) is 0 Å². The third-order valence-corrected chi connectivity index (χ3v) is 5.32. The molecule has 0 unspecified atom stereocenters. The van der Waals surface area contributed by atoms with Gasteiger partial charge in [-0.15, -0.1) is 0 Å². The van der Waals surface area contributed by atoms with Crippen LogP contribution in [0.2, 0.25) is 0 Å². The van der Waals surface area contributed by atoms with Crippen molar-refractivity contribution in [1.29, 1.82) is 0 Å². The molecule has 0 saturated heterocycles. The maximum absolute atomic E-state index is 12.8. The van der Waals surface area contributed by atoms with Crippen LogP contribution in [0.4, 0.5) is 0 Å². The SMILES string of the molecule is O=C(NCc1ccc(Cn2ccnc2)cc1)c1ccccc1OCc1cn2ccccc2n1. The summed E-state index contributed by atoms with van der Waals surface area (Å²) >= 11 is 0. The number of nitrogens with one attached hydrogen (secondary N) is 1. The molecule has 1 amide bonds. The van der Waals surface area contributed by atoms with Gasteiger partial charge in [0.05, 0.1) is 17.6 Å². The van der Waals surface area contributed by atoms with Crippen LogP contribution in [-0.4, -0.2) is 24.8 Å². The lowest BCUT2D eigenvalue weighted by atomic mass is 10.1. The number of ether oxygens (including phenoxy) is 1. The number of aromatic nitrogens is 4. The number of rotatable bonds is 8. The van der Waals surface area contributed by atoms with Gasteiger partial charge in [-0.25, -0.2) is 9.97 Å². The minimum atomic E-state index is -0.178. The van der Waals surface area contributed by atoms with E-state index in [0.717, 1.165) is 23.4 Å². The first-order chi connectivity index (χ1) is 16.2.